The quantitative estimate of drug-likeness (QED) is 0.509. The first-order valence-electron chi connectivity index (χ1n) is 6.50. The van der Waals surface area contributed by atoms with Gasteiger partial charge in [0.1, 0.15) is 0 Å². The third-order valence-electron chi connectivity index (χ3n) is 3.08. The van der Waals surface area contributed by atoms with Crippen molar-refractivity contribution in [2.75, 3.05) is 37.6 Å². The second-order valence-electron chi connectivity index (χ2n) is 4.38. The summed E-state index contributed by atoms with van der Waals surface area (Å²) in [7, 11) is 0. The number of anilines is 1. The highest BCUT2D eigenvalue weighted by molar-refractivity contribution is 7.13. The maximum Gasteiger partial charge on any atom is 0.191 e. The number of aliphatic imine (C=N–C) groups is 1. The van der Waals surface area contributed by atoms with E-state index in [-0.39, 0.29) is 0 Å². The lowest BCUT2D eigenvalue weighted by Crippen LogP contribution is -2.51. The first-order valence-corrected chi connectivity index (χ1v) is 7.38. The maximum absolute atomic E-state index is 6.00. The number of guanidine groups is 1. The topological polar surface area (TPSA) is 57.8 Å². The number of unbranched alkanes of at least 4 members (excludes halogenated alkanes) is 1. The van der Waals surface area contributed by atoms with E-state index in [1.807, 2.05) is 11.6 Å². The molecule has 100 valence electrons. The Morgan fingerprint density at radius 3 is 2.83 bits per heavy atom. The van der Waals surface area contributed by atoms with Gasteiger partial charge < -0.3 is 15.5 Å². The van der Waals surface area contributed by atoms with Crippen molar-refractivity contribution in [1.29, 1.82) is 0 Å². The summed E-state index contributed by atoms with van der Waals surface area (Å²) in [5.74, 6) is 0.697. The second kappa shape index (κ2) is 6.58. The van der Waals surface area contributed by atoms with E-state index in [1.54, 1.807) is 11.3 Å². The fraction of sp³-hybridized carbons (Fsp3) is 0.667. The molecule has 2 heterocycles. The molecule has 0 radical (unpaired) electrons. The third kappa shape index (κ3) is 3.35. The Hall–Kier alpha value is -1.30. The van der Waals surface area contributed by atoms with E-state index in [0.717, 1.165) is 50.7 Å². The fourth-order valence-electron chi connectivity index (χ4n) is 1.95. The van der Waals surface area contributed by atoms with E-state index >= 15 is 0 Å². The summed E-state index contributed by atoms with van der Waals surface area (Å²) in [5.41, 5.74) is 6.00. The van der Waals surface area contributed by atoms with Crippen LogP contribution in [0.2, 0.25) is 0 Å². The van der Waals surface area contributed by atoms with Crippen LogP contribution >= 0.6 is 11.3 Å². The Morgan fingerprint density at radius 1 is 1.44 bits per heavy atom. The number of rotatable bonds is 4. The summed E-state index contributed by atoms with van der Waals surface area (Å²) in [6.07, 6.45) is 4.13. The van der Waals surface area contributed by atoms with Crippen LogP contribution in [0.5, 0.6) is 0 Å². The Kier molecular flexibility index (Phi) is 4.81. The molecule has 5 nitrogen and oxygen atoms in total. The average molecular weight is 267 g/mol. The first kappa shape index (κ1) is 13.1. The highest BCUT2D eigenvalue weighted by Crippen LogP contribution is 2.18. The molecule has 2 N–H and O–H groups in total. The molecule has 0 aromatic carbocycles. The highest BCUT2D eigenvalue weighted by Gasteiger charge is 2.19. The van der Waals surface area contributed by atoms with E-state index in [1.165, 1.54) is 0 Å². The molecule has 1 saturated heterocycles. The van der Waals surface area contributed by atoms with Crippen LogP contribution in [0, 0.1) is 0 Å². The molecule has 0 atom stereocenters. The van der Waals surface area contributed by atoms with E-state index < -0.39 is 0 Å². The normalized spacial score (nSPS) is 17.3. The Balaban J connectivity index is 1.81. The van der Waals surface area contributed by atoms with Crippen molar-refractivity contribution in [1.82, 2.24) is 9.88 Å². The van der Waals surface area contributed by atoms with E-state index in [2.05, 4.69) is 26.7 Å². The number of hydrogen-bond donors (Lipinski definition) is 1. The lowest BCUT2D eigenvalue weighted by Gasteiger charge is -2.35. The molecule has 0 amide bonds. The maximum atomic E-state index is 6.00. The SMILES string of the molecule is CCCCN=C(N)N1CCN(c2nccs2)CC1. The predicted octanol–water partition coefficient (Wildman–Crippen LogP) is 1.38. The molecule has 0 aliphatic carbocycles. The summed E-state index contributed by atoms with van der Waals surface area (Å²) in [6, 6.07) is 0. The largest absolute Gasteiger partial charge is 0.370 e. The number of piperazine rings is 1. The van der Waals surface area contributed by atoms with Gasteiger partial charge in [-0.1, -0.05) is 13.3 Å². The lowest BCUT2D eigenvalue weighted by molar-refractivity contribution is 0.380. The number of thiazole rings is 1. The molecule has 1 aliphatic heterocycles. The summed E-state index contributed by atoms with van der Waals surface area (Å²) in [6.45, 7) is 6.81. The van der Waals surface area contributed by atoms with Crippen molar-refractivity contribution >= 4 is 22.4 Å². The van der Waals surface area contributed by atoms with Crippen LogP contribution in [0.15, 0.2) is 16.6 Å². The van der Waals surface area contributed by atoms with Gasteiger partial charge >= 0.3 is 0 Å². The first-order chi connectivity index (χ1) is 8.81. The molecule has 0 saturated carbocycles. The highest BCUT2D eigenvalue weighted by atomic mass is 32.1. The molecule has 18 heavy (non-hydrogen) atoms. The minimum atomic E-state index is 0.697. The molecule has 1 aromatic rings. The molecule has 1 aromatic heterocycles. The van der Waals surface area contributed by atoms with Crippen molar-refractivity contribution < 1.29 is 0 Å². The van der Waals surface area contributed by atoms with Gasteiger partial charge in [-0.2, -0.15) is 0 Å². The monoisotopic (exact) mass is 267 g/mol. The summed E-state index contributed by atoms with van der Waals surface area (Å²) >= 11 is 1.69. The van der Waals surface area contributed by atoms with Gasteiger partial charge in [0.25, 0.3) is 0 Å². The van der Waals surface area contributed by atoms with Crippen molar-refractivity contribution in [3.8, 4) is 0 Å². The van der Waals surface area contributed by atoms with Gasteiger partial charge in [0, 0.05) is 44.3 Å². The van der Waals surface area contributed by atoms with Crippen molar-refractivity contribution in [3.63, 3.8) is 0 Å². The van der Waals surface area contributed by atoms with Gasteiger partial charge in [0.2, 0.25) is 0 Å². The summed E-state index contributed by atoms with van der Waals surface area (Å²) in [5, 5.41) is 3.12. The molecule has 0 spiro atoms. The van der Waals surface area contributed by atoms with Gasteiger partial charge in [-0.3, -0.25) is 4.99 Å². The van der Waals surface area contributed by atoms with Gasteiger partial charge in [-0.15, -0.1) is 11.3 Å². The number of hydrogen-bond acceptors (Lipinski definition) is 4. The van der Waals surface area contributed by atoms with E-state index in [0.29, 0.717) is 5.96 Å². The second-order valence-corrected chi connectivity index (χ2v) is 5.26. The zero-order valence-corrected chi connectivity index (χ0v) is 11.7. The summed E-state index contributed by atoms with van der Waals surface area (Å²) in [4.78, 5) is 13.2. The molecule has 1 aliphatic rings. The van der Waals surface area contributed by atoms with E-state index in [9.17, 15) is 0 Å². The minimum Gasteiger partial charge on any atom is -0.370 e. The third-order valence-corrected chi connectivity index (χ3v) is 3.91. The van der Waals surface area contributed by atoms with Crippen LogP contribution in [0.3, 0.4) is 0 Å². The number of aromatic nitrogens is 1. The standard InChI is InChI=1S/C12H21N5S/c1-2-3-4-14-11(13)16-6-8-17(9-7-16)12-15-5-10-18-12/h5,10H,2-4,6-9H2,1H3,(H2,13,14). The molecule has 6 heteroatoms. The molecule has 0 bridgehead atoms. The lowest BCUT2D eigenvalue weighted by atomic mass is 10.3. The van der Waals surface area contributed by atoms with Crippen LogP contribution in [-0.2, 0) is 0 Å². The molecular formula is C12H21N5S. The van der Waals surface area contributed by atoms with Crippen LogP contribution in [0.25, 0.3) is 0 Å². The predicted molar refractivity (Wildman–Crippen MR) is 77.3 cm³/mol. The van der Waals surface area contributed by atoms with Gasteiger partial charge in [-0.05, 0) is 6.42 Å². The zero-order chi connectivity index (χ0) is 12.8. The fourth-order valence-corrected chi connectivity index (χ4v) is 2.65. The van der Waals surface area contributed by atoms with Crippen LogP contribution in [-0.4, -0.2) is 48.6 Å². The smallest absolute Gasteiger partial charge is 0.191 e. The number of nitrogens with two attached hydrogens (primary N) is 1. The molecular weight excluding hydrogens is 246 g/mol. The average Bonchev–Trinajstić information content (AvgIpc) is 2.93. The van der Waals surface area contributed by atoms with Crippen molar-refractivity contribution in [2.24, 2.45) is 10.7 Å². The van der Waals surface area contributed by atoms with Crippen LogP contribution in [0.4, 0.5) is 5.13 Å². The summed E-state index contributed by atoms with van der Waals surface area (Å²) < 4.78 is 0. The zero-order valence-electron chi connectivity index (χ0n) is 10.9. The van der Waals surface area contributed by atoms with E-state index in [4.69, 9.17) is 5.73 Å². The van der Waals surface area contributed by atoms with Gasteiger partial charge in [0.05, 0.1) is 0 Å². The van der Waals surface area contributed by atoms with Crippen LogP contribution in [0.1, 0.15) is 19.8 Å². The van der Waals surface area contributed by atoms with Crippen LogP contribution < -0.4 is 10.6 Å². The Bertz CT molecular complexity index is 368. The Labute approximate surface area is 112 Å². The van der Waals surface area contributed by atoms with Crippen molar-refractivity contribution in [2.45, 2.75) is 19.8 Å². The number of nitrogens with zero attached hydrogens (tertiary/aromatic N) is 4. The molecule has 2 rings (SSSR count). The Morgan fingerprint density at radius 2 is 2.22 bits per heavy atom. The van der Waals surface area contributed by atoms with Crippen molar-refractivity contribution in [3.05, 3.63) is 11.6 Å². The molecule has 1 fully saturated rings. The minimum absolute atomic E-state index is 0.697. The van der Waals surface area contributed by atoms with Gasteiger partial charge in [0.15, 0.2) is 11.1 Å². The van der Waals surface area contributed by atoms with Gasteiger partial charge in [-0.25, -0.2) is 4.98 Å². The molecule has 0 unspecified atom stereocenters.